The number of nitrogens with one attached hydrogen (secondary N) is 1. The smallest absolute Gasteiger partial charge is 0.292 e. The van der Waals surface area contributed by atoms with Crippen molar-refractivity contribution in [2.24, 2.45) is 5.10 Å². The molecule has 0 atom stereocenters. The fraction of sp³-hybridized carbons (Fsp3) is 0.308. The van der Waals surface area contributed by atoms with E-state index in [-0.39, 0.29) is 17.3 Å². The second-order valence-corrected chi connectivity index (χ2v) is 8.99. The van der Waals surface area contributed by atoms with E-state index in [9.17, 15) is 4.79 Å². The third-order valence-electron chi connectivity index (χ3n) is 6.28. The third-order valence-corrected chi connectivity index (χ3v) is 6.28. The highest BCUT2D eigenvalue weighted by molar-refractivity contribution is 5.95. The predicted molar refractivity (Wildman–Crippen MR) is 142 cm³/mol. The minimum Gasteiger partial charge on any atom is -0.493 e. The van der Waals surface area contributed by atoms with Crippen LogP contribution in [0.1, 0.15) is 46.6 Å². The van der Waals surface area contributed by atoms with E-state index in [4.69, 9.17) is 19.8 Å². The number of methoxy groups -OCH3 is 1. The number of nitrogens with zero attached hydrogens (tertiary/aromatic N) is 7. The highest BCUT2D eigenvalue weighted by atomic mass is 16.6. The molecule has 39 heavy (non-hydrogen) atoms. The molecule has 0 saturated carbocycles. The van der Waals surface area contributed by atoms with Crippen LogP contribution in [0.4, 0.5) is 5.82 Å². The molecule has 0 unspecified atom stereocenters. The van der Waals surface area contributed by atoms with Gasteiger partial charge in [0, 0.05) is 6.54 Å². The van der Waals surface area contributed by atoms with E-state index in [0.29, 0.717) is 35.9 Å². The summed E-state index contributed by atoms with van der Waals surface area (Å²) in [5.74, 6) is 0.682. The van der Waals surface area contributed by atoms with Gasteiger partial charge in [0.15, 0.2) is 17.2 Å². The number of rotatable bonds is 10. The van der Waals surface area contributed by atoms with Crippen LogP contribution >= 0.6 is 0 Å². The van der Waals surface area contributed by atoms with Crippen molar-refractivity contribution in [2.75, 3.05) is 25.9 Å². The van der Waals surface area contributed by atoms with E-state index in [2.05, 4.69) is 36.1 Å². The first-order chi connectivity index (χ1) is 19.1. The van der Waals surface area contributed by atoms with Crippen molar-refractivity contribution in [3.63, 3.8) is 0 Å². The molecule has 4 aromatic rings. The first kappa shape index (κ1) is 25.9. The number of carbonyl (C=O) groups excluding carboxylic acids is 1. The quantitative estimate of drug-likeness (QED) is 0.230. The van der Waals surface area contributed by atoms with Crippen LogP contribution in [0.15, 0.2) is 58.3 Å². The largest absolute Gasteiger partial charge is 0.493 e. The van der Waals surface area contributed by atoms with Gasteiger partial charge in [-0.15, -0.1) is 5.10 Å². The Morgan fingerprint density at radius 3 is 2.69 bits per heavy atom. The van der Waals surface area contributed by atoms with Crippen molar-refractivity contribution in [3.05, 3.63) is 71.0 Å². The zero-order valence-corrected chi connectivity index (χ0v) is 21.5. The molecule has 3 N–H and O–H groups in total. The van der Waals surface area contributed by atoms with E-state index in [1.54, 1.807) is 19.2 Å². The molecule has 2 aromatic heterocycles. The van der Waals surface area contributed by atoms with Crippen molar-refractivity contribution in [3.8, 4) is 17.3 Å². The van der Waals surface area contributed by atoms with E-state index in [0.717, 1.165) is 31.5 Å². The first-order valence-electron chi connectivity index (χ1n) is 12.6. The molecule has 5 rings (SSSR count). The molecule has 2 aromatic carbocycles. The summed E-state index contributed by atoms with van der Waals surface area (Å²) in [5.41, 5.74) is 10.8. The van der Waals surface area contributed by atoms with Gasteiger partial charge in [-0.1, -0.05) is 42.0 Å². The normalized spacial score (nSPS) is 14.0. The number of piperidine rings is 1. The Hall–Kier alpha value is -4.78. The molecule has 0 radical (unpaired) electrons. The van der Waals surface area contributed by atoms with Crippen molar-refractivity contribution >= 4 is 17.9 Å². The lowest BCUT2D eigenvalue weighted by Crippen LogP contribution is -2.31. The number of hydrazone groups is 1. The molecule has 1 aliphatic rings. The number of anilines is 1. The van der Waals surface area contributed by atoms with Gasteiger partial charge in [-0.3, -0.25) is 9.69 Å². The number of carbonyl (C=O) groups is 1. The van der Waals surface area contributed by atoms with Crippen LogP contribution in [0, 0.1) is 0 Å². The summed E-state index contributed by atoms with van der Waals surface area (Å²) in [6, 6.07) is 15.2. The lowest BCUT2D eigenvalue weighted by atomic mass is 10.1. The fourth-order valence-electron chi connectivity index (χ4n) is 4.30. The van der Waals surface area contributed by atoms with Crippen LogP contribution in [0.5, 0.6) is 11.5 Å². The molecule has 0 spiro atoms. The van der Waals surface area contributed by atoms with Crippen molar-refractivity contribution < 1.29 is 18.9 Å². The van der Waals surface area contributed by atoms with Gasteiger partial charge in [0.1, 0.15) is 12.3 Å². The molecule has 1 aliphatic heterocycles. The number of ether oxygens (including phenoxy) is 2. The van der Waals surface area contributed by atoms with Gasteiger partial charge >= 0.3 is 0 Å². The Balaban J connectivity index is 1.30. The van der Waals surface area contributed by atoms with Gasteiger partial charge in [-0.25, -0.2) is 10.1 Å². The molecule has 13 nitrogen and oxygen atoms in total. The van der Waals surface area contributed by atoms with Crippen molar-refractivity contribution in [2.45, 2.75) is 32.4 Å². The van der Waals surface area contributed by atoms with E-state index in [1.165, 1.54) is 17.3 Å². The molecular weight excluding hydrogens is 502 g/mol. The standard InChI is InChI=1S/C26H29N9O4/c1-37-22-14-19(10-11-21(22)38-17-18-8-4-2-5-9-18)15-28-30-26(36)23-20(16-34-12-6-3-7-13-34)29-33-35(23)25-24(27)31-39-32-25/h2,4-5,8-11,14-15H,3,6-7,12-13,16-17H2,1H3,(H2,27,31)(H,30,36)/b28-15-. The van der Waals surface area contributed by atoms with E-state index in [1.807, 2.05) is 36.4 Å². The van der Waals surface area contributed by atoms with Gasteiger partial charge in [-0.2, -0.15) is 9.78 Å². The third kappa shape index (κ3) is 6.21. The Kier molecular flexibility index (Phi) is 8.07. The van der Waals surface area contributed by atoms with Crippen LogP contribution < -0.4 is 20.6 Å². The number of amides is 1. The first-order valence-corrected chi connectivity index (χ1v) is 12.6. The summed E-state index contributed by atoms with van der Waals surface area (Å²) in [7, 11) is 1.57. The minimum absolute atomic E-state index is 0.0105. The lowest BCUT2D eigenvalue weighted by molar-refractivity contribution is 0.0944. The van der Waals surface area contributed by atoms with Crippen LogP contribution in [-0.4, -0.2) is 62.5 Å². The maximum Gasteiger partial charge on any atom is 0.292 e. The molecule has 1 fully saturated rings. The molecule has 1 amide bonds. The van der Waals surface area contributed by atoms with Gasteiger partial charge in [0.2, 0.25) is 11.6 Å². The van der Waals surface area contributed by atoms with E-state index >= 15 is 0 Å². The maximum atomic E-state index is 13.3. The second-order valence-electron chi connectivity index (χ2n) is 8.99. The fourth-order valence-corrected chi connectivity index (χ4v) is 4.30. The Morgan fingerprint density at radius 2 is 1.95 bits per heavy atom. The van der Waals surface area contributed by atoms with Crippen LogP contribution in [-0.2, 0) is 13.2 Å². The van der Waals surface area contributed by atoms with Crippen LogP contribution in [0.25, 0.3) is 5.82 Å². The Morgan fingerprint density at radius 1 is 1.13 bits per heavy atom. The Labute approximate surface area is 224 Å². The van der Waals surface area contributed by atoms with Gasteiger partial charge in [-0.05, 0) is 65.6 Å². The highest BCUT2D eigenvalue weighted by Crippen LogP contribution is 2.28. The zero-order chi connectivity index (χ0) is 27.0. The summed E-state index contributed by atoms with van der Waals surface area (Å²) < 4.78 is 17.3. The molecule has 3 heterocycles. The number of likely N-dealkylation sites (tertiary alicyclic amines) is 1. The Bertz CT molecular complexity index is 1430. The number of nitrogen functional groups attached to an aromatic ring is 1. The summed E-state index contributed by atoms with van der Waals surface area (Å²) in [4.78, 5) is 15.5. The summed E-state index contributed by atoms with van der Waals surface area (Å²) >= 11 is 0. The average Bonchev–Trinajstić information content (AvgIpc) is 3.58. The molecule has 13 heteroatoms. The predicted octanol–water partition coefficient (Wildman–Crippen LogP) is 2.57. The maximum absolute atomic E-state index is 13.3. The minimum atomic E-state index is -0.527. The molecule has 0 bridgehead atoms. The number of nitrogens with two attached hydrogens (primary N) is 1. The van der Waals surface area contributed by atoms with E-state index < -0.39 is 5.91 Å². The molecule has 0 aliphatic carbocycles. The zero-order valence-electron chi connectivity index (χ0n) is 21.5. The summed E-state index contributed by atoms with van der Waals surface area (Å²) in [6.07, 6.45) is 4.89. The van der Waals surface area contributed by atoms with Gasteiger partial charge in [0.25, 0.3) is 5.91 Å². The summed E-state index contributed by atoms with van der Waals surface area (Å²) in [5, 5.41) is 19.8. The average molecular weight is 532 g/mol. The monoisotopic (exact) mass is 531 g/mol. The molecule has 202 valence electrons. The number of hydrogen-bond acceptors (Lipinski definition) is 11. The number of benzene rings is 2. The van der Waals surface area contributed by atoms with Crippen molar-refractivity contribution in [1.82, 2.24) is 35.6 Å². The topological polar surface area (TPSA) is 159 Å². The number of aromatic nitrogens is 5. The van der Waals surface area contributed by atoms with Crippen LogP contribution in [0.3, 0.4) is 0 Å². The highest BCUT2D eigenvalue weighted by Gasteiger charge is 2.26. The SMILES string of the molecule is COc1cc(/C=N\NC(=O)c2c(CN3CCCCC3)nnn2-c2nonc2N)ccc1OCc1ccccc1. The van der Waals surface area contributed by atoms with Gasteiger partial charge < -0.3 is 15.2 Å². The second kappa shape index (κ2) is 12.2. The van der Waals surface area contributed by atoms with Crippen LogP contribution in [0.2, 0.25) is 0 Å². The van der Waals surface area contributed by atoms with Gasteiger partial charge in [0.05, 0.1) is 13.3 Å². The molecular formula is C26H29N9O4. The van der Waals surface area contributed by atoms with Crippen molar-refractivity contribution in [1.29, 1.82) is 0 Å². The number of hydrogen-bond donors (Lipinski definition) is 2. The molecule has 1 saturated heterocycles. The summed E-state index contributed by atoms with van der Waals surface area (Å²) in [6.45, 7) is 2.71. The lowest BCUT2D eigenvalue weighted by Gasteiger charge is -2.25.